The van der Waals surface area contributed by atoms with E-state index in [0.29, 0.717) is 12.8 Å². The summed E-state index contributed by atoms with van der Waals surface area (Å²) >= 11 is 0. The van der Waals surface area contributed by atoms with Gasteiger partial charge in [-0.2, -0.15) is 0 Å². The summed E-state index contributed by atoms with van der Waals surface area (Å²) < 4.78 is 10.7. The second-order valence-corrected chi connectivity index (χ2v) is 4.59. The minimum atomic E-state index is -3.76. The van der Waals surface area contributed by atoms with Crippen LogP contribution in [0.15, 0.2) is 0 Å². The van der Waals surface area contributed by atoms with Gasteiger partial charge in [-0.3, -0.25) is 4.57 Å². The Kier molecular flexibility index (Phi) is 2.47. The first kappa shape index (κ1) is 8.21. The Morgan fingerprint density at radius 3 is 2.10 bits per heavy atom. The van der Waals surface area contributed by atoms with Crippen LogP contribution in [0, 0.1) is 0 Å². The smallest absolute Gasteiger partial charge is 0.329 e. The molecule has 4 N–H and O–H groups in total. The maximum Gasteiger partial charge on any atom is 0.329 e. The Hall–Kier alpha value is 0.110. The van der Waals surface area contributed by atoms with Crippen LogP contribution >= 0.6 is 7.60 Å². The van der Waals surface area contributed by atoms with Gasteiger partial charge in [-0.15, -0.1) is 0 Å². The molecule has 0 saturated carbocycles. The van der Waals surface area contributed by atoms with Crippen LogP contribution in [0.1, 0.15) is 12.8 Å². The molecule has 4 nitrogen and oxygen atoms in total. The lowest BCUT2D eigenvalue weighted by molar-refractivity contribution is -0.661. The monoisotopic (exact) mass is 166 g/mol. The molecular formula is C5H13NO3P+. The third-order valence-electron chi connectivity index (χ3n) is 1.88. The van der Waals surface area contributed by atoms with E-state index in [2.05, 4.69) is 5.32 Å². The Morgan fingerprint density at radius 2 is 1.80 bits per heavy atom. The van der Waals surface area contributed by atoms with Crippen molar-refractivity contribution in [3.05, 3.63) is 0 Å². The molecule has 1 aliphatic heterocycles. The summed E-state index contributed by atoms with van der Waals surface area (Å²) in [5.41, 5.74) is -0.363. The molecule has 0 spiro atoms. The fraction of sp³-hybridized carbons (Fsp3) is 1.00. The Labute approximate surface area is 59.8 Å². The molecule has 5 heteroatoms. The van der Waals surface area contributed by atoms with E-state index in [1.54, 1.807) is 0 Å². The van der Waals surface area contributed by atoms with Gasteiger partial charge < -0.3 is 15.1 Å². The minimum absolute atomic E-state index is 0.363. The largest absolute Gasteiger partial charge is 0.346 e. The van der Waals surface area contributed by atoms with Crippen molar-refractivity contribution in [2.75, 3.05) is 13.1 Å². The van der Waals surface area contributed by atoms with Gasteiger partial charge in [-0.05, 0) is 0 Å². The minimum Gasteiger partial charge on any atom is -0.346 e. The number of hydrogen-bond acceptors (Lipinski definition) is 1. The number of piperidine rings is 1. The van der Waals surface area contributed by atoms with E-state index in [-0.39, 0.29) is 5.66 Å². The zero-order valence-corrected chi connectivity index (χ0v) is 6.63. The first-order valence-electron chi connectivity index (χ1n) is 3.47. The zero-order chi connectivity index (χ0) is 7.61. The molecule has 0 aromatic carbocycles. The van der Waals surface area contributed by atoms with E-state index in [1.807, 2.05) is 0 Å². The third-order valence-corrected chi connectivity index (χ3v) is 3.35. The summed E-state index contributed by atoms with van der Waals surface area (Å²) in [6, 6.07) is 0. The normalized spacial score (nSPS) is 23.0. The Bertz CT molecular complexity index is 149. The van der Waals surface area contributed by atoms with Crippen molar-refractivity contribution in [2.45, 2.75) is 18.5 Å². The summed E-state index contributed by atoms with van der Waals surface area (Å²) in [5, 5.41) is 2.09. The van der Waals surface area contributed by atoms with E-state index in [9.17, 15) is 4.57 Å². The maximum absolute atomic E-state index is 10.7. The molecule has 1 fully saturated rings. The standard InChI is InChI=1S/C5H12NO3P/c7-10(8,9)5-1-3-6-4-2-5/h5-6H,1-4H2,(H2,7,8,9)/p+1. The number of rotatable bonds is 1. The molecule has 1 rings (SSSR count). The van der Waals surface area contributed by atoms with E-state index < -0.39 is 7.60 Å². The summed E-state index contributed by atoms with van der Waals surface area (Å²) in [4.78, 5) is 17.5. The predicted molar refractivity (Wildman–Crippen MR) is 36.7 cm³/mol. The summed E-state index contributed by atoms with van der Waals surface area (Å²) in [6.07, 6.45) is 1.31. The van der Waals surface area contributed by atoms with Gasteiger partial charge in [0.05, 0.1) is 18.7 Å². The van der Waals surface area contributed by atoms with Crippen LogP contribution in [-0.4, -0.2) is 28.5 Å². The third kappa shape index (κ3) is 2.06. The summed E-state index contributed by atoms with van der Waals surface area (Å²) in [7, 11) is -3.76. The van der Waals surface area contributed by atoms with Gasteiger partial charge in [0.25, 0.3) is 0 Å². The van der Waals surface area contributed by atoms with Crippen LogP contribution in [-0.2, 0) is 4.57 Å². The van der Waals surface area contributed by atoms with E-state index in [4.69, 9.17) is 9.79 Å². The molecule has 0 unspecified atom stereocenters. The molecule has 1 saturated heterocycles. The highest BCUT2D eigenvalue weighted by molar-refractivity contribution is 7.52. The fourth-order valence-corrected chi connectivity index (χ4v) is 2.22. The van der Waals surface area contributed by atoms with Crippen molar-refractivity contribution < 1.29 is 19.7 Å². The highest BCUT2D eigenvalue weighted by Gasteiger charge is 2.31. The van der Waals surface area contributed by atoms with Crippen molar-refractivity contribution in [3.8, 4) is 0 Å². The van der Waals surface area contributed by atoms with Gasteiger partial charge >= 0.3 is 7.60 Å². The van der Waals surface area contributed by atoms with Gasteiger partial charge in [-0.1, -0.05) is 0 Å². The molecular weight excluding hydrogens is 153 g/mol. The predicted octanol–water partition coefficient (Wildman–Crippen LogP) is -1.11. The molecule has 0 bridgehead atoms. The van der Waals surface area contributed by atoms with Crippen LogP contribution in [0.5, 0.6) is 0 Å². The van der Waals surface area contributed by atoms with E-state index in [1.165, 1.54) is 0 Å². The van der Waals surface area contributed by atoms with Crippen molar-refractivity contribution >= 4 is 7.60 Å². The summed E-state index contributed by atoms with van der Waals surface area (Å²) in [6.45, 7) is 1.71. The fourth-order valence-electron chi connectivity index (χ4n) is 1.25. The topological polar surface area (TPSA) is 74.1 Å². The molecule has 10 heavy (non-hydrogen) atoms. The van der Waals surface area contributed by atoms with Crippen LogP contribution in [0.3, 0.4) is 0 Å². The first-order valence-corrected chi connectivity index (χ1v) is 5.16. The Morgan fingerprint density at radius 1 is 1.30 bits per heavy atom. The molecule has 0 aliphatic carbocycles. The number of nitrogens with two attached hydrogens (primary N) is 1. The molecule has 0 amide bonds. The zero-order valence-electron chi connectivity index (χ0n) is 5.73. The van der Waals surface area contributed by atoms with Gasteiger partial charge in [0.2, 0.25) is 0 Å². The number of hydrogen-bond donors (Lipinski definition) is 3. The highest BCUT2D eigenvalue weighted by atomic mass is 31.2. The van der Waals surface area contributed by atoms with E-state index >= 15 is 0 Å². The first-order chi connectivity index (χ1) is 4.61. The molecule has 0 radical (unpaired) electrons. The SMILES string of the molecule is O=P(O)(O)C1CC[NH2+]CC1. The second kappa shape index (κ2) is 3.01. The lowest BCUT2D eigenvalue weighted by Gasteiger charge is -2.20. The van der Waals surface area contributed by atoms with Gasteiger partial charge in [0, 0.05) is 12.8 Å². The molecule has 0 aromatic heterocycles. The van der Waals surface area contributed by atoms with Gasteiger partial charge in [0.15, 0.2) is 0 Å². The highest BCUT2D eigenvalue weighted by Crippen LogP contribution is 2.44. The van der Waals surface area contributed by atoms with Gasteiger partial charge in [-0.25, -0.2) is 0 Å². The second-order valence-electron chi connectivity index (χ2n) is 2.69. The van der Waals surface area contributed by atoms with Gasteiger partial charge in [0.1, 0.15) is 0 Å². The van der Waals surface area contributed by atoms with Crippen LogP contribution in [0.4, 0.5) is 0 Å². The van der Waals surface area contributed by atoms with Crippen molar-refractivity contribution in [3.63, 3.8) is 0 Å². The average molecular weight is 166 g/mol. The lowest BCUT2D eigenvalue weighted by Crippen LogP contribution is -2.86. The van der Waals surface area contributed by atoms with Crippen molar-refractivity contribution in [2.24, 2.45) is 0 Å². The van der Waals surface area contributed by atoms with Crippen molar-refractivity contribution in [1.29, 1.82) is 0 Å². The van der Waals surface area contributed by atoms with Crippen LogP contribution in [0.25, 0.3) is 0 Å². The molecule has 0 atom stereocenters. The lowest BCUT2D eigenvalue weighted by atomic mass is 10.2. The molecule has 0 aromatic rings. The van der Waals surface area contributed by atoms with Crippen LogP contribution < -0.4 is 5.32 Å². The number of quaternary nitrogens is 1. The molecule has 1 aliphatic rings. The van der Waals surface area contributed by atoms with E-state index in [0.717, 1.165) is 13.1 Å². The Balaban J connectivity index is 2.47. The average Bonchev–Trinajstić information content (AvgIpc) is 1.88. The van der Waals surface area contributed by atoms with Crippen molar-refractivity contribution in [1.82, 2.24) is 0 Å². The maximum atomic E-state index is 10.7. The molecule has 1 heterocycles. The quantitative estimate of drug-likeness (QED) is 0.432. The summed E-state index contributed by atoms with van der Waals surface area (Å²) in [5.74, 6) is 0. The molecule has 60 valence electrons. The van der Waals surface area contributed by atoms with Crippen LogP contribution in [0.2, 0.25) is 0 Å².